The van der Waals surface area contributed by atoms with Gasteiger partial charge in [0.1, 0.15) is 0 Å². The lowest BCUT2D eigenvalue weighted by molar-refractivity contribution is -0.950. The van der Waals surface area contributed by atoms with Crippen LogP contribution in [0.2, 0.25) is 0 Å². The van der Waals surface area contributed by atoms with Crippen molar-refractivity contribution in [2.75, 3.05) is 6.54 Å². The van der Waals surface area contributed by atoms with Crippen LogP contribution in [0.25, 0.3) is 5.78 Å². The zero-order valence-electron chi connectivity index (χ0n) is 15.2. The second-order valence-corrected chi connectivity index (χ2v) is 9.37. The van der Waals surface area contributed by atoms with E-state index in [0.29, 0.717) is 11.8 Å². The molecule has 0 aliphatic carbocycles. The van der Waals surface area contributed by atoms with Gasteiger partial charge in [-0.05, 0) is 55.0 Å². The Bertz CT molecular complexity index is 1170. The first kappa shape index (κ1) is 17.2. The minimum atomic E-state index is 0.350. The van der Waals surface area contributed by atoms with Crippen LogP contribution in [0.5, 0.6) is 0 Å². The molecule has 4 aromatic rings. The first-order chi connectivity index (χ1) is 13.1. The minimum Gasteiger partial charge on any atom is -0.305 e. The molecular formula is C19H20N5S3+. The van der Waals surface area contributed by atoms with Crippen LogP contribution in [0, 0.1) is 18.6 Å². The van der Waals surface area contributed by atoms with E-state index in [-0.39, 0.29) is 0 Å². The van der Waals surface area contributed by atoms with Crippen LogP contribution < -0.4 is 4.90 Å². The largest absolute Gasteiger partial charge is 0.305 e. The van der Waals surface area contributed by atoms with E-state index < -0.39 is 0 Å². The lowest BCUT2D eigenvalue weighted by Gasteiger charge is -2.31. The summed E-state index contributed by atoms with van der Waals surface area (Å²) >= 11 is 9.46. The third-order valence-corrected chi connectivity index (χ3v) is 7.55. The molecule has 2 atom stereocenters. The van der Waals surface area contributed by atoms with Gasteiger partial charge in [0.15, 0.2) is 12.7 Å². The molecule has 1 N–H and O–H groups in total. The number of nitrogens with one attached hydrogen (secondary N) is 1. The Morgan fingerprint density at radius 2 is 2.15 bits per heavy atom. The van der Waals surface area contributed by atoms with Gasteiger partial charge in [0, 0.05) is 28.2 Å². The number of nitrogens with zero attached hydrogens (tertiary/aromatic N) is 4. The van der Waals surface area contributed by atoms with Crippen LogP contribution >= 0.6 is 34.9 Å². The van der Waals surface area contributed by atoms with E-state index in [1.54, 1.807) is 0 Å². The number of hydrogen-bond donors (Lipinski definition) is 1. The molecule has 1 aliphatic rings. The summed E-state index contributed by atoms with van der Waals surface area (Å²) in [5, 5.41) is 9.13. The molecule has 27 heavy (non-hydrogen) atoms. The zero-order chi connectivity index (χ0) is 18.5. The number of rotatable bonds is 3. The maximum absolute atomic E-state index is 5.74. The molecule has 138 valence electrons. The maximum atomic E-state index is 5.74. The molecular weight excluding hydrogens is 394 g/mol. The summed E-state index contributed by atoms with van der Waals surface area (Å²) in [6.07, 6.45) is 1.11. The Balaban J connectivity index is 1.57. The third-order valence-electron chi connectivity index (χ3n) is 5.22. The molecule has 5 nitrogen and oxygen atoms in total. The summed E-state index contributed by atoms with van der Waals surface area (Å²) in [7, 11) is 0. The number of hydrogen-bond acceptors (Lipinski definition) is 5. The second kappa shape index (κ2) is 6.63. The van der Waals surface area contributed by atoms with Crippen molar-refractivity contribution >= 4 is 40.7 Å². The predicted octanol–water partition coefficient (Wildman–Crippen LogP) is 3.19. The Morgan fingerprint density at radius 1 is 1.26 bits per heavy atom. The van der Waals surface area contributed by atoms with Crippen molar-refractivity contribution in [3.05, 3.63) is 66.5 Å². The highest BCUT2D eigenvalue weighted by Gasteiger charge is 2.34. The molecule has 5 rings (SSSR count). The van der Waals surface area contributed by atoms with Gasteiger partial charge >= 0.3 is 0 Å². The van der Waals surface area contributed by atoms with Gasteiger partial charge in [-0.2, -0.15) is 4.68 Å². The monoisotopic (exact) mass is 414 g/mol. The predicted molar refractivity (Wildman–Crippen MR) is 111 cm³/mol. The molecule has 0 spiro atoms. The van der Waals surface area contributed by atoms with Crippen molar-refractivity contribution < 1.29 is 4.90 Å². The minimum absolute atomic E-state index is 0.350. The Kier molecular flexibility index (Phi) is 4.23. The molecule has 1 aliphatic heterocycles. The summed E-state index contributed by atoms with van der Waals surface area (Å²) in [5.74, 6) is 0.692. The van der Waals surface area contributed by atoms with Gasteiger partial charge in [0.25, 0.3) is 5.78 Å². The number of thiophene rings is 2. The highest BCUT2D eigenvalue weighted by Crippen LogP contribution is 2.31. The Morgan fingerprint density at radius 3 is 2.96 bits per heavy atom. The van der Waals surface area contributed by atoms with Gasteiger partial charge in [-0.25, -0.2) is 4.98 Å². The molecule has 0 saturated heterocycles. The van der Waals surface area contributed by atoms with Crippen molar-refractivity contribution in [2.24, 2.45) is 0 Å². The van der Waals surface area contributed by atoms with Crippen LogP contribution in [0.4, 0.5) is 0 Å². The summed E-state index contributed by atoms with van der Waals surface area (Å²) < 4.78 is 4.66. The van der Waals surface area contributed by atoms with Crippen molar-refractivity contribution in [3.8, 4) is 0 Å². The highest BCUT2D eigenvalue weighted by molar-refractivity contribution is 7.71. The summed E-state index contributed by atoms with van der Waals surface area (Å²) in [6, 6.07) is 9.09. The SMILES string of the molecule is Cc1cc(C)n2c(=S)n(C[NH+]3CCc4sccc4[C@H]3c3cccs3)nc2n1. The summed E-state index contributed by atoms with van der Waals surface area (Å²) in [6.45, 7) is 5.88. The fourth-order valence-corrected chi connectivity index (χ4v) is 6.21. The zero-order valence-corrected chi connectivity index (χ0v) is 17.6. The van der Waals surface area contributed by atoms with E-state index >= 15 is 0 Å². The van der Waals surface area contributed by atoms with E-state index in [9.17, 15) is 0 Å². The molecule has 0 bridgehead atoms. The second-order valence-electron chi connectivity index (χ2n) is 7.02. The van der Waals surface area contributed by atoms with Crippen LogP contribution in [-0.4, -0.2) is 25.7 Å². The van der Waals surface area contributed by atoms with Crippen molar-refractivity contribution in [1.82, 2.24) is 19.2 Å². The number of aryl methyl sites for hydroxylation is 2. The van der Waals surface area contributed by atoms with Crippen LogP contribution in [0.1, 0.15) is 32.7 Å². The van der Waals surface area contributed by atoms with Crippen molar-refractivity contribution in [3.63, 3.8) is 0 Å². The topological polar surface area (TPSA) is 39.6 Å². The first-order valence-electron chi connectivity index (χ1n) is 9.00. The highest BCUT2D eigenvalue weighted by atomic mass is 32.1. The summed E-state index contributed by atoms with van der Waals surface area (Å²) in [5.41, 5.74) is 3.51. The molecule has 0 amide bonds. The fraction of sp³-hybridized carbons (Fsp3) is 0.316. The average Bonchev–Trinajstić information content (AvgIpc) is 3.36. The van der Waals surface area contributed by atoms with E-state index in [1.165, 1.54) is 20.2 Å². The van der Waals surface area contributed by atoms with E-state index in [2.05, 4.69) is 46.9 Å². The summed E-state index contributed by atoms with van der Waals surface area (Å²) in [4.78, 5) is 8.97. The van der Waals surface area contributed by atoms with Gasteiger partial charge in [-0.3, -0.25) is 4.40 Å². The number of aromatic nitrogens is 4. The third kappa shape index (κ3) is 2.87. The van der Waals surface area contributed by atoms with Gasteiger partial charge in [-0.1, -0.05) is 6.07 Å². The quantitative estimate of drug-likeness (QED) is 0.524. The van der Waals surface area contributed by atoms with E-state index in [0.717, 1.165) is 35.8 Å². The van der Waals surface area contributed by atoms with Crippen molar-refractivity contribution in [1.29, 1.82) is 0 Å². The molecule has 0 radical (unpaired) electrons. The molecule has 5 heterocycles. The van der Waals surface area contributed by atoms with Crippen LogP contribution in [-0.2, 0) is 13.1 Å². The van der Waals surface area contributed by atoms with Crippen molar-refractivity contribution in [2.45, 2.75) is 33.0 Å². The lowest BCUT2D eigenvalue weighted by atomic mass is 9.99. The standard InChI is InChI=1S/C19H19N5S3/c1-12-10-13(2)24-18(20-12)21-23(19(24)25)11-22-7-5-15-14(6-9-27-15)17(22)16-4-3-8-26-16/h3-4,6,8-10,17H,5,7,11H2,1-2H3/p+1/t17-/m0/s1. The number of quaternary nitrogens is 1. The molecule has 1 unspecified atom stereocenters. The molecule has 0 saturated carbocycles. The van der Waals surface area contributed by atoms with Gasteiger partial charge in [0.2, 0.25) is 4.77 Å². The number of fused-ring (bicyclic) bond motifs is 2. The lowest BCUT2D eigenvalue weighted by Crippen LogP contribution is -3.12. The first-order valence-corrected chi connectivity index (χ1v) is 11.2. The smallest absolute Gasteiger partial charge is 0.254 e. The fourth-order valence-electron chi connectivity index (χ4n) is 4.06. The Hall–Kier alpha value is -1.87. The van der Waals surface area contributed by atoms with Crippen LogP contribution in [0.3, 0.4) is 0 Å². The molecule has 0 fully saturated rings. The van der Waals surface area contributed by atoms with Gasteiger partial charge in [0.05, 0.1) is 11.4 Å². The molecule has 4 aromatic heterocycles. The van der Waals surface area contributed by atoms with E-state index in [1.807, 2.05) is 38.7 Å². The Labute approximate surface area is 170 Å². The van der Waals surface area contributed by atoms with Gasteiger partial charge < -0.3 is 4.90 Å². The van der Waals surface area contributed by atoms with Gasteiger partial charge in [-0.15, -0.1) is 27.8 Å². The molecule has 0 aromatic carbocycles. The normalized spacial score (nSPS) is 19.5. The van der Waals surface area contributed by atoms with Crippen LogP contribution in [0.15, 0.2) is 35.0 Å². The maximum Gasteiger partial charge on any atom is 0.254 e. The van der Waals surface area contributed by atoms with E-state index in [4.69, 9.17) is 17.3 Å². The average molecular weight is 415 g/mol. The molecule has 8 heteroatoms.